The first kappa shape index (κ1) is 16.4. The highest BCUT2D eigenvalue weighted by molar-refractivity contribution is 7.89. The predicted molar refractivity (Wildman–Crippen MR) is 87.9 cm³/mol. The summed E-state index contributed by atoms with van der Waals surface area (Å²) in [5.74, 6) is -0.207. The van der Waals surface area contributed by atoms with Gasteiger partial charge in [-0.25, -0.2) is 13.6 Å². The summed E-state index contributed by atoms with van der Waals surface area (Å²) in [5, 5.41) is 5.10. The molecule has 2 heterocycles. The Balaban J connectivity index is 1.55. The average Bonchev–Trinajstić information content (AvgIpc) is 3.05. The maximum absolute atomic E-state index is 12.2. The number of carbonyl (C=O) groups excluding carboxylic acids is 1. The monoisotopic (exact) mass is 337 g/mol. The Bertz CT molecular complexity index is 662. The summed E-state index contributed by atoms with van der Waals surface area (Å²) in [6.45, 7) is 3.21. The van der Waals surface area contributed by atoms with E-state index in [2.05, 4.69) is 17.0 Å². The lowest BCUT2D eigenvalue weighted by molar-refractivity contribution is -0.129. The van der Waals surface area contributed by atoms with Crippen LogP contribution in [0.4, 0.5) is 0 Å². The molecule has 1 aromatic carbocycles. The second kappa shape index (κ2) is 6.59. The molecule has 2 saturated heterocycles. The Hall–Kier alpha value is -1.44. The standard InChI is InChI=1S/C16H23N3O3S/c17-23(21,22)12-14-8-16(20)19(10-14)15-6-7-18(11-15)9-13-4-2-1-3-5-13/h1-5,14-15H,6-12H2,(H2,17,21,22). The first-order valence-corrected chi connectivity index (χ1v) is 9.68. The molecule has 2 fully saturated rings. The van der Waals surface area contributed by atoms with Crippen LogP contribution in [0.15, 0.2) is 30.3 Å². The van der Waals surface area contributed by atoms with Crippen LogP contribution >= 0.6 is 0 Å². The van der Waals surface area contributed by atoms with Crippen molar-refractivity contribution in [3.05, 3.63) is 35.9 Å². The highest BCUT2D eigenvalue weighted by Gasteiger charge is 2.38. The second-order valence-electron chi connectivity index (χ2n) is 6.61. The van der Waals surface area contributed by atoms with Crippen molar-refractivity contribution in [2.45, 2.75) is 25.4 Å². The van der Waals surface area contributed by atoms with Gasteiger partial charge in [0.1, 0.15) is 0 Å². The normalized spacial score (nSPS) is 26.1. The fourth-order valence-electron chi connectivity index (χ4n) is 3.65. The second-order valence-corrected chi connectivity index (χ2v) is 8.27. The summed E-state index contributed by atoms with van der Waals surface area (Å²) in [7, 11) is -3.52. The van der Waals surface area contributed by atoms with Crippen LogP contribution in [0.5, 0.6) is 0 Å². The number of carbonyl (C=O) groups is 1. The smallest absolute Gasteiger partial charge is 0.223 e. The lowest BCUT2D eigenvalue weighted by Gasteiger charge is -2.25. The van der Waals surface area contributed by atoms with Gasteiger partial charge in [0.15, 0.2) is 0 Å². The molecule has 23 heavy (non-hydrogen) atoms. The molecule has 0 spiro atoms. The van der Waals surface area contributed by atoms with Gasteiger partial charge in [-0.15, -0.1) is 0 Å². The lowest BCUT2D eigenvalue weighted by Crippen LogP contribution is -2.39. The molecular weight excluding hydrogens is 314 g/mol. The van der Waals surface area contributed by atoms with Crippen LogP contribution in [0.3, 0.4) is 0 Å². The number of amides is 1. The first-order valence-electron chi connectivity index (χ1n) is 7.97. The maximum Gasteiger partial charge on any atom is 0.223 e. The number of benzene rings is 1. The van der Waals surface area contributed by atoms with Gasteiger partial charge in [-0.05, 0) is 12.0 Å². The molecule has 0 saturated carbocycles. The van der Waals surface area contributed by atoms with Crippen molar-refractivity contribution in [3.8, 4) is 0 Å². The van der Waals surface area contributed by atoms with Crippen LogP contribution in [0.25, 0.3) is 0 Å². The van der Waals surface area contributed by atoms with E-state index in [1.165, 1.54) is 5.56 Å². The summed E-state index contributed by atoms with van der Waals surface area (Å²) in [5.41, 5.74) is 1.27. The van der Waals surface area contributed by atoms with Crippen molar-refractivity contribution < 1.29 is 13.2 Å². The Morgan fingerprint density at radius 2 is 1.91 bits per heavy atom. The summed E-state index contributed by atoms with van der Waals surface area (Å²) in [6, 6.07) is 10.5. The third-order valence-electron chi connectivity index (χ3n) is 4.64. The Kier molecular flexibility index (Phi) is 4.70. The van der Waals surface area contributed by atoms with Crippen molar-refractivity contribution in [1.29, 1.82) is 0 Å². The summed E-state index contributed by atoms with van der Waals surface area (Å²) in [4.78, 5) is 16.4. The van der Waals surface area contributed by atoms with E-state index in [-0.39, 0.29) is 23.6 Å². The molecule has 2 unspecified atom stereocenters. The molecule has 7 heteroatoms. The van der Waals surface area contributed by atoms with Crippen LogP contribution < -0.4 is 5.14 Å². The van der Waals surface area contributed by atoms with Crippen molar-refractivity contribution in [1.82, 2.24) is 9.80 Å². The number of hydrogen-bond acceptors (Lipinski definition) is 4. The van der Waals surface area contributed by atoms with Gasteiger partial charge in [-0.3, -0.25) is 9.69 Å². The Morgan fingerprint density at radius 1 is 1.17 bits per heavy atom. The minimum Gasteiger partial charge on any atom is -0.338 e. The summed E-state index contributed by atoms with van der Waals surface area (Å²) in [6.07, 6.45) is 1.24. The van der Waals surface area contributed by atoms with Crippen LogP contribution in [-0.4, -0.2) is 55.6 Å². The quantitative estimate of drug-likeness (QED) is 0.843. The summed E-state index contributed by atoms with van der Waals surface area (Å²) >= 11 is 0. The van der Waals surface area contributed by atoms with E-state index >= 15 is 0 Å². The first-order chi connectivity index (χ1) is 10.9. The minimum atomic E-state index is -3.52. The molecule has 1 amide bonds. The third-order valence-corrected chi connectivity index (χ3v) is 5.58. The van der Waals surface area contributed by atoms with E-state index in [1.54, 1.807) is 0 Å². The Morgan fingerprint density at radius 3 is 2.61 bits per heavy atom. The lowest BCUT2D eigenvalue weighted by atomic mass is 10.1. The van der Waals surface area contributed by atoms with Crippen LogP contribution in [0.2, 0.25) is 0 Å². The van der Waals surface area contributed by atoms with E-state index in [4.69, 9.17) is 5.14 Å². The van der Waals surface area contributed by atoms with Crippen LogP contribution in [-0.2, 0) is 21.4 Å². The molecular formula is C16H23N3O3S. The number of hydrogen-bond donors (Lipinski definition) is 1. The molecule has 0 radical (unpaired) electrons. The van der Waals surface area contributed by atoms with Crippen LogP contribution in [0, 0.1) is 5.92 Å². The van der Waals surface area contributed by atoms with Crippen LogP contribution in [0.1, 0.15) is 18.4 Å². The zero-order chi connectivity index (χ0) is 16.4. The van der Waals surface area contributed by atoms with Crippen molar-refractivity contribution in [3.63, 3.8) is 0 Å². The minimum absolute atomic E-state index is 0.0604. The molecule has 126 valence electrons. The van der Waals surface area contributed by atoms with E-state index in [1.807, 2.05) is 23.1 Å². The van der Waals surface area contributed by atoms with E-state index in [0.29, 0.717) is 13.0 Å². The fourth-order valence-corrected chi connectivity index (χ4v) is 4.53. The molecule has 2 atom stereocenters. The van der Waals surface area contributed by atoms with E-state index in [0.717, 1.165) is 26.1 Å². The zero-order valence-electron chi connectivity index (χ0n) is 13.1. The van der Waals surface area contributed by atoms with Gasteiger partial charge in [-0.2, -0.15) is 0 Å². The van der Waals surface area contributed by atoms with Gasteiger partial charge >= 0.3 is 0 Å². The molecule has 2 aliphatic heterocycles. The van der Waals surface area contributed by atoms with Gasteiger partial charge in [0.05, 0.1) is 5.75 Å². The molecule has 2 aliphatic rings. The number of nitrogens with zero attached hydrogens (tertiary/aromatic N) is 2. The van der Waals surface area contributed by atoms with Crippen molar-refractivity contribution in [2.75, 3.05) is 25.4 Å². The molecule has 6 nitrogen and oxygen atoms in total. The maximum atomic E-state index is 12.2. The number of nitrogens with two attached hydrogens (primary N) is 1. The molecule has 0 aliphatic carbocycles. The summed E-state index contributed by atoms with van der Waals surface area (Å²) < 4.78 is 22.4. The van der Waals surface area contributed by atoms with Gasteiger partial charge < -0.3 is 4.90 Å². The number of likely N-dealkylation sites (tertiary alicyclic amines) is 2. The zero-order valence-corrected chi connectivity index (χ0v) is 13.9. The highest BCUT2D eigenvalue weighted by Crippen LogP contribution is 2.26. The molecule has 0 aromatic heterocycles. The highest BCUT2D eigenvalue weighted by atomic mass is 32.2. The molecule has 3 rings (SSSR count). The topological polar surface area (TPSA) is 83.7 Å². The fraction of sp³-hybridized carbons (Fsp3) is 0.562. The average molecular weight is 337 g/mol. The Labute approximate surface area is 137 Å². The molecule has 0 bridgehead atoms. The van der Waals surface area contributed by atoms with E-state index in [9.17, 15) is 13.2 Å². The van der Waals surface area contributed by atoms with Gasteiger partial charge in [0.25, 0.3) is 0 Å². The van der Waals surface area contributed by atoms with Crippen molar-refractivity contribution in [2.24, 2.45) is 11.1 Å². The molecule has 1 aromatic rings. The number of rotatable bonds is 5. The van der Waals surface area contributed by atoms with E-state index < -0.39 is 10.0 Å². The number of sulfonamides is 1. The van der Waals surface area contributed by atoms with Gasteiger partial charge in [-0.1, -0.05) is 30.3 Å². The SMILES string of the molecule is NS(=O)(=O)CC1CC(=O)N(C2CCN(Cc3ccccc3)C2)C1. The van der Waals surface area contributed by atoms with Gasteiger partial charge in [0, 0.05) is 44.6 Å². The third kappa shape index (κ3) is 4.31. The molecule has 2 N–H and O–H groups in total. The van der Waals surface area contributed by atoms with Gasteiger partial charge in [0.2, 0.25) is 15.9 Å². The predicted octanol–water partition coefficient (Wildman–Crippen LogP) is 0.398. The largest absolute Gasteiger partial charge is 0.338 e. The number of primary sulfonamides is 1. The van der Waals surface area contributed by atoms with Crippen molar-refractivity contribution >= 4 is 15.9 Å².